The van der Waals surface area contributed by atoms with Crippen molar-refractivity contribution in [2.75, 3.05) is 5.73 Å². The van der Waals surface area contributed by atoms with Crippen molar-refractivity contribution in [1.29, 1.82) is 0 Å². The topological polar surface area (TPSA) is 52.0 Å². The molecule has 0 amide bonds. The summed E-state index contributed by atoms with van der Waals surface area (Å²) in [5, 5.41) is 0. The lowest BCUT2D eigenvalue weighted by Gasteiger charge is -1.98. The number of hydrogen-bond donors (Lipinski definition) is 1. The van der Waals surface area contributed by atoms with Crippen molar-refractivity contribution in [3.05, 3.63) is 46.2 Å². The van der Waals surface area contributed by atoms with E-state index < -0.39 is 17.5 Å². The molecule has 1 heterocycles. The highest BCUT2D eigenvalue weighted by Crippen LogP contribution is 2.31. The van der Waals surface area contributed by atoms with Crippen LogP contribution in [0.5, 0.6) is 0 Å². The third-order valence-corrected chi connectivity index (χ3v) is 3.17. The Bertz CT molecular complexity index is 809. The minimum Gasteiger partial charge on any atom is -0.434 e. The normalized spacial score (nSPS) is 11.2. The second-order valence-electron chi connectivity index (χ2n) is 4.12. The van der Waals surface area contributed by atoms with Gasteiger partial charge in [0.2, 0.25) is 5.89 Å². The summed E-state index contributed by atoms with van der Waals surface area (Å²) in [5.41, 5.74) is 6.81. The second kappa shape index (κ2) is 4.52. The number of halogens is 4. The first kappa shape index (κ1) is 13.0. The first-order chi connectivity index (χ1) is 9.45. The molecule has 0 aliphatic heterocycles. The second-order valence-corrected chi connectivity index (χ2v) is 5.03. The van der Waals surface area contributed by atoms with Gasteiger partial charge in [0.15, 0.2) is 23.0 Å². The zero-order valence-corrected chi connectivity index (χ0v) is 11.3. The monoisotopic (exact) mass is 342 g/mol. The largest absolute Gasteiger partial charge is 0.434 e. The van der Waals surface area contributed by atoms with Crippen molar-refractivity contribution in [2.45, 2.75) is 0 Å². The molecule has 0 aliphatic carbocycles. The van der Waals surface area contributed by atoms with E-state index in [0.717, 1.165) is 12.1 Å². The molecule has 0 spiro atoms. The van der Waals surface area contributed by atoms with E-state index in [0.29, 0.717) is 21.3 Å². The van der Waals surface area contributed by atoms with Crippen molar-refractivity contribution >= 4 is 32.7 Å². The van der Waals surface area contributed by atoms with Crippen LogP contribution in [0.3, 0.4) is 0 Å². The Morgan fingerprint density at radius 2 is 1.70 bits per heavy atom. The molecule has 0 fully saturated rings. The van der Waals surface area contributed by atoms with Gasteiger partial charge in [-0.3, -0.25) is 0 Å². The Hall–Kier alpha value is -2.02. The molecule has 0 radical (unpaired) electrons. The highest BCUT2D eigenvalue weighted by Gasteiger charge is 2.16. The number of anilines is 1. The zero-order valence-electron chi connectivity index (χ0n) is 9.75. The summed E-state index contributed by atoms with van der Waals surface area (Å²) in [4.78, 5) is 4.08. The molecular formula is C13H6BrF3N2O. The van der Waals surface area contributed by atoms with Gasteiger partial charge in [-0.25, -0.2) is 18.2 Å². The molecule has 2 aromatic carbocycles. The minimum atomic E-state index is -1.54. The molecule has 7 heteroatoms. The molecule has 3 rings (SSSR count). The van der Waals surface area contributed by atoms with Gasteiger partial charge in [0.05, 0.1) is 5.69 Å². The fourth-order valence-electron chi connectivity index (χ4n) is 1.83. The van der Waals surface area contributed by atoms with Crippen LogP contribution in [0.15, 0.2) is 33.2 Å². The maximum atomic E-state index is 13.2. The number of nitrogen functional groups attached to an aromatic ring is 1. The van der Waals surface area contributed by atoms with E-state index in [-0.39, 0.29) is 11.5 Å². The number of aromatic nitrogens is 1. The maximum absolute atomic E-state index is 13.2. The lowest BCUT2D eigenvalue weighted by molar-refractivity contribution is 0.447. The molecule has 2 N–H and O–H groups in total. The predicted molar refractivity (Wildman–Crippen MR) is 71.4 cm³/mol. The quantitative estimate of drug-likeness (QED) is 0.531. The Morgan fingerprint density at radius 1 is 1.05 bits per heavy atom. The van der Waals surface area contributed by atoms with E-state index in [1.165, 1.54) is 0 Å². The van der Waals surface area contributed by atoms with Gasteiger partial charge in [-0.2, -0.15) is 0 Å². The van der Waals surface area contributed by atoms with E-state index >= 15 is 0 Å². The summed E-state index contributed by atoms with van der Waals surface area (Å²) in [5.74, 6) is -4.19. The van der Waals surface area contributed by atoms with Crippen LogP contribution in [0.1, 0.15) is 0 Å². The van der Waals surface area contributed by atoms with Crippen molar-refractivity contribution in [2.24, 2.45) is 0 Å². The summed E-state index contributed by atoms with van der Waals surface area (Å²) in [6.07, 6.45) is 0. The van der Waals surface area contributed by atoms with Gasteiger partial charge in [-0.05, 0) is 24.3 Å². The summed E-state index contributed by atoms with van der Waals surface area (Å²) in [7, 11) is 0. The highest BCUT2D eigenvalue weighted by molar-refractivity contribution is 9.10. The van der Waals surface area contributed by atoms with Gasteiger partial charge in [-0.15, -0.1) is 0 Å². The molecule has 0 aliphatic rings. The zero-order chi connectivity index (χ0) is 14.4. The lowest BCUT2D eigenvalue weighted by Crippen LogP contribution is -1.91. The van der Waals surface area contributed by atoms with Crippen molar-refractivity contribution in [3.8, 4) is 11.5 Å². The summed E-state index contributed by atoms with van der Waals surface area (Å²) < 4.78 is 45.4. The van der Waals surface area contributed by atoms with Crippen LogP contribution in [-0.2, 0) is 0 Å². The Labute approximate surface area is 119 Å². The van der Waals surface area contributed by atoms with Gasteiger partial charge in [0, 0.05) is 10.0 Å². The lowest BCUT2D eigenvalue weighted by atomic mass is 10.2. The molecule has 0 unspecified atom stereocenters. The fourth-order valence-corrected chi connectivity index (χ4v) is 2.29. The summed E-state index contributed by atoms with van der Waals surface area (Å²) in [6.45, 7) is 0. The average molecular weight is 343 g/mol. The number of fused-ring (bicyclic) bond motifs is 1. The number of oxazole rings is 1. The molecule has 3 aromatic rings. The van der Waals surface area contributed by atoms with E-state index in [4.69, 9.17) is 10.2 Å². The predicted octanol–water partition coefficient (Wildman–Crippen LogP) is 4.26. The number of benzene rings is 2. The Morgan fingerprint density at radius 3 is 2.35 bits per heavy atom. The van der Waals surface area contributed by atoms with Crippen LogP contribution >= 0.6 is 15.9 Å². The van der Waals surface area contributed by atoms with Gasteiger partial charge in [0.25, 0.3) is 0 Å². The minimum absolute atomic E-state index is 0.00637. The van der Waals surface area contributed by atoms with Crippen molar-refractivity contribution in [3.63, 3.8) is 0 Å². The Kier molecular flexibility index (Phi) is 2.93. The molecule has 20 heavy (non-hydrogen) atoms. The van der Waals surface area contributed by atoms with Crippen LogP contribution in [0.25, 0.3) is 22.6 Å². The highest BCUT2D eigenvalue weighted by atomic mass is 79.9. The van der Waals surface area contributed by atoms with Crippen LogP contribution < -0.4 is 5.73 Å². The smallest absolute Gasteiger partial charge is 0.227 e. The van der Waals surface area contributed by atoms with Gasteiger partial charge in [0.1, 0.15) is 5.52 Å². The molecule has 0 bridgehead atoms. The molecule has 102 valence electrons. The molecule has 1 aromatic heterocycles. The van der Waals surface area contributed by atoms with Gasteiger partial charge >= 0.3 is 0 Å². The number of rotatable bonds is 1. The average Bonchev–Trinajstić information content (AvgIpc) is 2.79. The summed E-state index contributed by atoms with van der Waals surface area (Å²) >= 11 is 3.25. The third kappa shape index (κ3) is 2.03. The molecule has 0 saturated carbocycles. The number of nitrogens with zero attached hydrogens (tertiary/aromatic N) is 1. The number of hydrogen-bond acceptors (Lipinski definition) is 3. The van der Waals surface area contributed by atoms with Crippen molar-refractivity contribution < 1.29 is 17.6 Å². The molecule has 3 nitrogen and oxygen atoms in total. The molecule has 0 saturated heterocycles. The van der Waals surface area contributed by atoms with E-state index in [1.54, 1.807) is 12.1 Å². The van der Waals surface area contributed by atoms with Gasteiger partial charge < -0.3 is 10.2 Å². The summed E-state index contributed by atoms with van der Waals surface area (Å²) in [6, 6.07) is 4.89. The SMILES string of the molecule is Nc1cc(Br)cc2nc(-c3cc(F)c(F)c(F)c3)oc12. The van der Waals surface area contributed by atoms with Crippen LogP contribution in [-0.4, -0.2) is 4.98 Å². The Balaban J connectivity index is 2.22. The van der Waals surface area contributed by atoms with Gasteiger partial charge in [-0.1, -0.05) is 15.9 Å². The van der Waals surface area contributed by atoms with E-state index in [9.17, 15) is 13.2 Å². The first-order valence-corrected chi connectivity index (χ1v) is 6.25. The van der Waals surface area contributed by atoms with Crippen LogP contribution in [0.2, 0.25) is 0 Å². The third-order valence-electron chi connectivity index (χ3n) is 2.71. The number of nitrogens with two attached hydrogens (primary N) is 1. The first-order valence-electron chi connectivity index (χ1n) is 5.46. The van der Waals surface area contributed by atoms with E-state index in [2.05, 4.69) is 20.9 Å². The fraction of sp³-hybridized carbons (Fsp3) is 0. The van der Waals surface area contributed by atoms with Crippen LogP contribution in [0, 0.1) is 17.5 Å². The maximum Gasteiger partial charge on any atom is 0.227 e. The van der Waals surface area contributed by atoms with Crippen molar-refractivity contribution in [1.82, 2.24) is 4.98 Å². The standard InChI is InChI=1S/C13H6BrF3N2O/c14-6-3-9(18)12-10(4-6)19-13(20-12)5-1-7(15)11(17)8(16)2-5/h1-4H,18H2. The molecule has 0 atom stereocenters. The van der Waals surface area contributed by atoms with Crippen LogP contribution in [0.4, 0.5) is 18.9 Å². The molecular weight excluding hydrogens is 337 g/mol. The van der Waals surface area contributed by atoms with E-state index in [1.807, 2.05) is 0 Å².